The molecule has 14 heavy (non-hydrogen) atoms. The Morgan fingerprint density at radius 2 is 2.00 bits per heavy atom. The predicted molar refractivity (Wildman–Crippen MR) is 54.9 cm³/mol. The van der Waals surface area contributed by atoms with Crippen molar-refractivity contribution in [2.24, 2.45) is 11.3 Å². The summed E-state index contributed by atoms with van der Waals surface area (Å²) < 4.78 is 0. The second-order valence-corrected chi connectivity index (χ2v) is 5.66. The zero-order chi connectivity index (χ0) is 10.4. The fourth-order valence-corrected chi connectivity index (χ4v) is 3.47. The van der Waals surface area contributed by atoms with Crippen molar-refractivity contribution in [1.29, 1.82) is 0 Å². The summed E-state index contributed by atoms with van der Waals surface area (Å²) in [6.07, 6.45) is 5.45. The maximum atomic E-state index is 11.4. The van der Waals surface area contributed by atoms with Gasteiger partial charge >= 0.3 is 0 Å². The van der Waals surface area contributed by atoms with Gasteiger partial charge in [0.15, 0.2) is 0 Å². The Morgan fingerprint density at radius 3 is 2.71 bits per heavy atom. The van der Waals surface area contributed by atoms with E-state index in [0.717, 1.165) is 25.7 Å². The van der Waals surface area contributed by atoms with Crippen molar-refractivity contribution in [3.05, 3.63) is 0 Å². The first kappa shape index (κ1) is 10.2. The minimum atomic E-state index is -0.608. The molecule has 0 heterocycles. The van der Waals surface area contributed by atoms with E-state index in [0.29, 0.717) is 12.2 Å². The predicted octanol–water partition coefficient (Wildman–Crippen LogP) is 2.30. The number of fused-ring (bicyclic) bond motifs is 1. The van der Waals surface area contributed by atoms with Gasteiger partial charge < -0.3 is 5.11 Å². The molecule has 80 valence electrons. The van der Waals surface area contributed by atoms with Gasteiger partial charge in [0.1, 0.15) is 5.78 Å². The van der Waals surface area contributed by atoms with Gasteiger partial charge in [-0.25, -0.2) is 0 Å². The Morgan fingerprint density at radius 1 is 1.29 bits per heavy atom. The lowest BCUT2D eigenvalue weighted by Gasteiger charge is -2.51. The van der Waals surface area contributed by atoms with Crippen LogP contribution in [-0.4, -0.2) is 16.5 Å². The smallest absolute Gasteiger partial charge is 0.133 e. The minimum Gasteiger partial charge on any atom is -0.390 e. The van der Waals surface area contributed by atoms with Crippen LogP contribution in [0.15, 0.2) is 0 Å². The number of ketones is 1. The van der Waals surface area contributed by atoms with Crippen LogP contribution in [0.3, 0.4) is 0 Å². The average Bonchev–Trinajstić information content (AvgIpc) is 2.08. The second kappa shape index (κ2) is 3.06. The SMILES string of the molecule is C[C@]12CCC[C@@](C)(O)[C@H]1CC(=O)CC2. The largest absolute Gasteiger partial charge is 0.390 e. The third-order valence-corrected chi connectivity index (χ3v) is 4.43. The number of aliphatic hydroxyl groups is 1. The summed E-state index contributed by atoms with van der Waals surface area (Å²) in [6.45, 7) is 4.16. The fourth-order valence-electron chi connectivity index (χ4n) is 3.47. The van der Waals surface area contributed by atoms with Crippen molar-refractivity contribution in [1.82, 2.24) is 0 Å². The Bertz CT molecular complexity index is 257. The molecule has 0 saturated heterocycles. The van der Waals surface area contributed by atoms with Crippen molar-refractivity contribution < 1.29 is 9.90 Å². The van der Waals surface area contributed by atoms with Gasteiger partial charge in [-0.15, -0.1) is 0 Å². The summed E-state index contributed by atoms with van der Waals surface area (Å²) in [5.41, 5.74) is -0.390. The molecule has 2 fully saturated rings. The van der Waals surface area contributed by atoms with Crippen LogP contribution in [0.5, 0.6) is 0 Å². The van der Waals surface area contributed by atoms with Crippen LogP contribution in [0.1, 0.15) is 52.4 Å². The van der Waals surface area contributed by atoms with Gasteiger partial charge in [0.05, 0.1) is 5.60 Å². The van der Waals surface area contributed by atoms with Crippen molar-refractivity contribution in [2.45, 2.75) is 58.0 Å². The molecule has 0 aromatic heterocycles. The number of rotatable bonds is 0. The Kier molecular flexibility index (Phi) is 2.22. The van der Waals surface area contributed by atoms with Crippen LogP contribution in [0.2, 0.25) is 0 Å². The van der Waals surface area contributed by atoms with Gasteiger partial charge in [0.2, 0.25) is 0 Å². The van der Waals surface area contributed by atoms with Crippen molar-refractivity contribution in [3.63, 3.8) is 0 Å². The average molecular weight is 196 g/mol. The van der Waals surface area contributed by atoms with E-state index in [2.05, 4.69) is 6.92 Å². The second-order valence-electron chi connectivity index (χ2n) is 5.66. The molecule has 0 spiro atoms. The first-order chi connectivity index (χ1) is 6.44. The van der Waals surface area contributed by atoms with E-state index in [-0.39, 0.29) is 11.3 Å². The topological polar surface area (TPSA) is 37.3 Å². The molecule has 2 heteroatoms. The van der Waals surface area contributed by atoms with Crippen LogP contribution >= 0.6 is 0 Å². The molecule has 2 aliphatic rings. The normalized spacial score (nSPS) is 48.8. The van der Waals surface area contributed by atoms with Crippen molar-refractivity contribution in [3.8, 4) is 0 Å². The van der Waals surface area contributed by atoms with E-state index < -0.39 is 5.60 Å². The maximum Gasteiger partial charge on any atom is 0.133 e. The zero-order valence-corrected chi connectivity index (χ0v) is 9.18. The summed E-state index contributed by atoms with van der Waals surface area (Å²) in [4.78, 5) is 11.4. The molecule has 0 bridgehead atoms. The molecule has 2 aliphatic carbocycles. The fraction of sp³-hybridized carbons (Fsp3) is 0.917. The summed E-state index contributed by atoms with van der Waals surface area (Å²) >= 11 is 0. The van der Waals surface area contributed by atoms with Gasteiger partial charge in [-0.05, 0) is 37.5 Å². The summed E-state index contributed by atoms with van der Waals surface area (Å²) in [6, 6.07) is 0. The molecule has 2 saturated carbocycles. The molecule has 3 atom stereocenters. The van der Waals surface area contributed by atoms with E-state index in [1.807, 2.05) is 6.92 Å². The van der Waals surface area contributed by atoms with E-state index in [4.69, 9.17) is 0 Å². The van der Waals surface area contributed by atoms with Gasteiger partial charge in [-0.1, -0.05) is 13.3 Å². The number of hydrogen-bond donors (Lipinski definition) is 1. The van der Waals surface area contributed by atoms with Gasteiger partial charge in [0.25, 0.3) is 0 Å². The van der Waals surface area contributed by atoms with Gasteiger partial charge in [0, 0.05) is 12.8 Å². The van der Waals surface area contributed by atoms with E-state index >= 15 is 0 Å². The summed E-state index contributed by atoms with van der Waals surface area (Å²) in [7, 11) is 0. The van der Waals surface area contributed by atoms with Gasteiger partial charge in [-0.2, -0.15) is 0 Å². The minimum absolute atomic E-state index is 0.199. The monoisotopic (exact) mass is 196 g/mol. The Balaban J connectivity index is 2.26. The van der Waals surface area contributed by atoms with Crippen molar-refractivity contribution >= 4 is 5.78 Å². The Hall–Kier alpha value is -0.370. The highest BCUT2D eigenvalue weighted by molar-refractivity contribution is 5.79. The molecule has 0 aromatic carbocycles. The third kappa shape index (κ3) is 1.50. The lowest BCUT2D eigenvalue weighted by atomic mass is 9.55. The van der Waals surface area contributed by atoms with Gasteiger partial charge in [-0.3, -0.25) is 4.79 Å². The molecule has 1 N–H and O–H groups in total. The summed E-state index contributed by atoms with van der Waals surface area (Å²) in [5, 5.41) is 10.3. The highest BCUT2D eigenvalue weighted by Crippen LogP contribution is 2.53. The highest BCUT2D eigenvalue weighted by Gasteiger charge is 2.50. The molecular weight excluding hydrogens is 176 g/mol. The van der Waals surface area contributed by atoms with E-state index in [1.165, 1.54) is 6.42 Å². The van der Waals surface area contributed by atoms with Crippen LogP contribution in [0.25, 0.3) is 0 Å². The standard InChI is InChI=1S/C12H20O2/c1-11-5-3-6-12(2,14)10(11)8-9(13)4-7-11/h10,14H,3-8H2,1-2H3/t10-,11+,12+/m0/s1. The zero-order valence-electron chi connectivity index (χ0n) is 9.18. The van der Waals surface area contributed by atoms with E-state index in [9.17, 15) is 9.90 Å². The molecule has 0 aliphatic heterocycles. The summed E-state index contributed by atoms with van der Waals surface area (Å²) in [5.74, 6) is 0.541. The first-order valence-corrected chi connectivity index (χ1v) is 5.68. The first-order valence-electron chi connectivity index (χ1n) is 5.68. The number of Topliss-reactive ketones (excluding diaryl/α,β-unsaturated/α-hetero) is 1. The lowest BCUT2D eigenvalue weighted by molar-refractivity contribution is -0.143. The highest BCUT2D eigenvalue weighted by atomic mass is 16.3. The molecular formula is C12H20O2. The lowest BCUT2D eigenvalue weighted by Crippen LogP contribution is -2.51. The maximum absolute atomic E-state index is 11.4. The van der Waals surface area contributed by atoms with Crippen molar-refractivity contribution in [2.75, 3.05) is 0 Å². The van der Waals surface area contributed by atoms with Crippen LogP contribution in [0.4, 0.5) is 0 Å². The van der Waals surface area contributed by atoms with Crippen LogP contribution in [-0.2, 0) is 4.79 Å². The Labute approximate surface area is 85.7 Å². The molecule has 2 nitrogen and oxygen atoms in total. The van der Waals surface area contributed by atoms with E-state index in [1.54, 1.807) is 0 Å². The molecule has 0 unspecified atom stereocenters. The number of hydrogen-bond acceptors (Lipinski definition) is 2. The molecule has 2 rings (SSSR count). The third-order valence-electron chi connectivity index (χ3n) is 4.43. The molecule has 0 aromatic rings. The van der Waals surface area contributed by atoms with Crippen LogP contribution < -0.4 is 0 Å². The molecule has 0 amide bonds. The van der Waals surface area contributed by atoms with Crippen LogP contribution in [0, 0.1) is 11.3 Å². The molecule has 0 radical (unpaired) electrons. The number of carbonyl (C=O) groups excluding carboxylic acids is 1. The quantitative estimate of drug-likeness (QED) is 0.645. The number of carbonyl (C=O) groups is 1.